The summed E-state index contributed by atoms with van der Waals surface area (Å²) >= 11 is 3.11. The van der Waals surface area contributed by atoms with Crippen LogP contribution in [0, 0.1) is 5.82 Å². The van der Waals surface area contributed by atoms with Gasteiger partial charge in [0, 0.05) is 4.47 Å². The fourth-order valence-electron chi connectivity index (χ4n) is 1.22. The fraction of sp³-hybridized carbons (Fsp3) is 0.100. The van der Waals surface area contributed by atoms with Crippen molar-refractivity contribution in [3.63, 3.8) is 0 Å². The third-order valence-electron chi connectivity index (χ3n) is 1.93. The highest BCUT2D eigenvalue weighted by atomic mass is 79.9. The summed E-state index contributed by atoms with van der Waals surface area (Å²) in [6, 6.07) is 4.35. The Balaban J connectivity index is 2.24. The maximum atomic E-state index is 13.5. The minimum atomic E-state index is -1.40. The van der Waals surface area contributed by atoms with Crippen LogP contribution in [0.15, 0.2) is 28.9 Å². The lowest BCUT2D eigenvalue weighted by molar-refractivity contribution is -0.161. The fourth-order valence-corrected chi connectivity index (χ4v) is 1.55. The molecule has 2 rings (SSSR count). The molecule has 0 spiro atoms. The van der Waals surface area contributed by atoms with Gasteiger partial charge >= 0.3 is 12.3 Å². The van der Waals surface area contributed by atoms with Gasteiger partial charge in [0.25, 0.3) is 0 Å². The van der Waals surface area contributed by atoms with E-state index in [1.807, 2.05) is 0 Å². The monoisotopic (exact) mass is 288 g/mol. The zero-order valence-corrected chi connectivity index (χ0v) is 9.40. The molecule has 84 valence electrons. The first-order chi connectivity index (χ1) is 7.58. The van der Waals surface area contributed by atoms with Crippen LogP contribution in [0.1, 0.15) is 5.56 Å². The number of hydrogen-bond donors (Lipinski definition) is 1. The van der Waals surface area contributed by atoms with Gasteiger partial charge in [-0.3, -0.25) is 0 Å². The molecule has 1 aliphatic rings. The van der Waals surface area contributed by atoms with Crippen molar-refractivity contribution in [1.29, 1.82) is 0 Å². The number of hydrogen-bond acceptors (Lipinski definition) is 3. The second-order valence-electron chi connectivity index (χ2n) is 3.03. The Labute approximate surface area is 98.4 Å². The van der Waals surface area contributed by atoms with Gasteiger partial charge in [-0.2, -0.15) is 0 Å². The van der Waals surface area contributed by atoms with Crippen LogP contribution in [0.5, 0.6) is 0 Å². The van der Waals surface area contributed by atoms with E-state index in [4.69, 9.17) is 14.6 Å². The van der Waals surface area contributed by atoms with E-state index in [0.29, 0.717) is 4.47 Å². The molecule has 0 saturated carbocycles. The minimum Gasteiger partial charge on any atom is -0.476 e. The second-order valence-corrected chi connectivity index (χ2v) is 3.95. The highest BCUT2D eigenvalue weighted by molar-refractivity contribution is 9.10. The molecule has 6 heteroatoms. The zero-order valence-electron chi connectivity index (χ0n) is 7.81. The van der Waals surface area contributed by atoms with Crippen LogP contribution in [0.2, 0.25) is 0 Å². The van der Waals surface area contributed by atoms with E-state index in [1.54, 1.807) is 6.07 Å². The van der Waals surface area contributed by atoms with Gasteiger partial charge in [-0.25, -0.2) is 9.18 Å². The molecule has 4 nitrogen and oxygen atoms in total. The number of rotatable bonds is 2. The SMILES string of the molecule is O=C(O)C1OC=C(c2ccc(Br)cc2F)O1. The zero-order chi connectivity index (χ0) is 11.7. The Bertz CT molecular complexity index is 472. The average Bonchev–Trinajstić information content (AvgIpc) is 2.66. The largest absolute Gasteiger partial charge is 0.476 e. The third-order valence-corrected chi connectivity index (χ3v) is 2.42. The van der Waals surface area contributed by atoms with Gasteiger partial charge in [-0.1, -0.05) is 15.9 Å². The van der Waals surface area contributed by atoms with Crippen molar-refractivity contribution >= 4 is 27.7 Å². The molecule has 0 bridgehead atoms. The predicted molar refractivity (Wildman–Crippen MR) is 55.7 cm³/mol. The molecule has 1 aromatic rings. The summed E-state index contributed by atoms with van der Waals surface area (Å²) in [5, 5.41) is 8.61. The molecule has 16 heavy (non-hydrogen) atoms. The molecule has 0 saturated heterocycles. The Morgan fingerprint density at radius 2 is 2.25 bits per heavy atom. The first-order valence-electron chi connectivity index (χ1n) is 4.28. The summed E-state index contributed by atoms with van der Waals surface area (Å²) in [4.78, 5) is 10.5. The number of ether oxygens (including phenoxy) is 2. The van der Waals surface area contributed by atoms with Crippen molar-refractivity contribution in [3.05, 3.63) is 40.3 Å². The summed E-state index contributed by atoms with van der Waals surface area (Å²) in [7, 11) is 0. The number of carboxylic acids is 1. The van der Waals surface area contributed by atoms with Gasteiger partial charge in [-0.05, 0) is 18.2 Å². The summed E-state index contributed by atoms with van der Waals surface area (Å²) in [5.74, 6) is -1.71. The molecular formula is C10H6BrFO4. The lowest BCUT2D eigenvalue weighted by Crippen LogP contribution is -2.20. The third kappa shape index (κ3) is 2.01. The Kier molecular flexibility index (Phi) is 2.82. The van der Waals surface area contributed by atoms with Gasteiger partial charge in [-0.15, -0.1) is 0 Å². The quantitative estimate of drug-likeness (QED) is 0.908. The van der Waals surface area contributed by atoms with Crippen LogP contribution in [-0.4, -0.2) is 17.4 Å². The molecule has 1 N–H and O–H groups in total. The topological polar surface area (TPSA) is 55.8 Å². The first kappa shape index (κ1) is 10.9. The van der Waals surface area contributed by atoms with Crippen LogP contribution in [-0.2, 0) is 14.3 Å². The van der Waals surface area contributed by atoms with Crippen LogP contribution in [0.25, 0.3) is 5.76 Å². The minimum absolute atomic E-state index is 0.0670. The Morgan fingerprint density at radius 1 is 1.50 bits per heavy atom. The highest BCUT2D eigenvalue weighted by Gasteiger charge is 2.28. The summed E-state index contributed by atoms with van der Waals surface area (Å²) in [6.45, 7) is 0. The standard InChI is InChI=1S/C10H6BrFO4/c11-5-1-2-6(7(12)3-5)8-4-15-10(16-8)9(13)14/h1-4,10H,(H,13,14). The predicted octanol–water partition coefficient (Wildman–Crippen LogP) is 2.34. The van der Waals surface area contributed by atoms with E-state index >= 15 is 0 Å². The molecule has 0 aliphatic carbocycles. The normalized spacial score (nSPS) is 18.6. The van der Waals surface area contributed by atoms with Crippen molar-refractivity contribution < 1.29 is 23.8 Å². The molecule has 0 aromatic heterocycles. The van der Waals surface area contributed by atoms with E-state index in [1.165, 1.54) is 12.1 Å². The van der Waals surface area contributed by atoms with Crippen LogP contribution in [0.3, 0.4) is 0 Å². The van der Waals surface area contributed by atoms with E-state index in [0.717, 1.165) is 6.26 Å². The molecule has 1 unspecified atom stereocenters. The van der Waals surface area contributed by atoms with E-state index in [-0.39, 0.29) is 11.3 Å². The molecule has 0 fully saturated rings. The number of aliphatic carboxylic acids is 1. The summed E-state index contributed by atoms with van der Waals surface area (Å²) < 4.78 is 23.7. The average molecular weight is 289 g/mol. The van der Waals surface area contributed by atoms with Crippen LogP contribution < -0.4 is 0 Å². The highest BCUT2D eigenvalue weighted by Crippen LogP contribution is 2.28. The number of benzene rings is 1. The van der Waals surface area contributed by atoms with Gasteiger partial charge < -0.3 is 14.6 Å². The lowest BCUT2D eigenvalue weighted by Gasteiger charge is -2.07. The van der Waals surface area contributed by atoms with Gasteiger partial charge in [0.15, 0.2) is 5.76 Å². The van der Waals surface area contributed by atoms with E-state index in [2.05, 4.69) is 15.9 Å². The second kappa shape index (κ2) is 4.13. The van der Waals surface area contributed by atoms with Crippen molar-refractivity contribution in [2.24, 2.45) is 0 Å². The summed E-state index contributed by atoms with van der Waals surface area (Å²) in [5.41, 5.74) is 0.159. The number of carbonyl (C=O) groups is 1. The molecule has 1 heterocycles. The number of carboxylic acid groups (broad SMARTS) is 1. The molecule has 1 atom stereocenters. The molecule has 0 radical (unpaired) electrons. The van der Waals surface area contributed by atoms with E-state index in [9.17, 15) is 9.18 Å². The Morgan fingerprint density at radius 3 is 2.81 bits per heavy atom. The van der Waals surface area contributed by atoms with Crippen LogP contribution in [0.4, 0.5) is 4.39 Å². The number of halogens is 2. The van der Waals surface area contributed by atoms with E-state index < -0.39 is 18.1 Å². The van der Waals surface area contributed by atoms with Gasteiger partial charge in [0.05, 0.1) is 5.56 Å². The van der Waals surface area contributed by atoms with Gasteiger partial charge in [0.1, 0.15) is 12.1 Å². The van der Waals surface area contributed by atoms with Crippen molar-refractivity contribution in [2.45, 2.75) is 6.29 Å². The molecule has 1 aromatic carbocycles. The molecule has 1 aliphatic heterocycles. The Hall–Kier alpha value is -1.56. The smallest absolute Gasteiger partial charge is 0.387 e. The first-order valence-corrected chi connectivity index (χ1v) is 5.08. The summed E-state index contributed by atoms with van der Waals surface area (Å²) in [6.07, 6.45) is -0.316. The van der Waals surface area contributed by atoms with Crippen molar-refractivity contribution in [2.75, 3.05) is 0 Å². The molecular weight excluding hydrogens is 283 g/mol. The molecule has 0 amide bonds. The lowest BCUT2D eigenvalue weighted by atomic mass is 10.2. The van der Waals surface area contributed by atoms with Crippen molar-refractivity contribution in [1.82, 2.24) is 0 Å². The maximum absolute atomic E-state index is 13.5. The van der Waals surface area contributed by atoms with Crippen molar-refractivity contribution in [3.8, 4) is 0 Å². The van der Waals surface area contributed by atoms with Crippen LogP contribution >= 0.6 is 15.9 Å². The maximum Gasteiger partial charge on any atom is 0.387 e. The van der Waals surface area contributed by atoms with Gasteiger partial charge in [0.2, 0.25) is 0 Å².